The SMILES string of the molecule is CCc1c(-c2ccc(F)cc2)ccn1-c1ccccc1. The van der Waals surface area contributed by atoms with Gasteiger partial charge in [0.2, 0.25) is 0 Å². The Morgan fingerprint density at radius 2 is 1.60 bits per heavy atom. The molecule has 0 aliphatic heterocycles. The van der Waals surface area contributed by atoms with Crippen LogP contribution in [0.2, 0.25) is 0 Å². The molecule has 2 aromatic carbocycles. The molecule has 0 aliphatic rings. The van der Waals surface area contributed by atoms with Gasteiger partial charge in [0.15, 0.2) is 0 Å². The molecule has 1 aromatic heterocycles. The van der Waals surface area contributed by atoms with Crippen molar-refractivity contribution in [3.05, 3.63) is 78.4 Å². The van der Waals surface area contributed by atoms with Crippen LogP contribution in [-0.2, 0) is 6.42 Å². The van der Waals surface area contributed by atoms with Crippen LogP contribution >= 0.6 is 0 Å². The van der Waals surface area contributed by atoms with Gasteiger partial charge in [-0.1, -0.05) is 37.3 Å². The molecule has 0 saturated heterocycles. The highest BCUT2D eigenvalue weighted by Crippen LogP contribution is 2.27. The third-order valence-corrected chi connectivity index (χ3v) is 3.52. The van der Waals surface area contributed by atoms with Gasteiger partial charge in [0.1, 0.15) is 5.82 Å². The molecule has 3 rings (SSSR count). The largest absolute Gasteiger partial charge is 0.320 e. The molecule has 2 heteroatoms. The molecule has 0 atom stereocenters. The van der Waals surface area contributed by atoms with Crippen molar-refractivity contribution in [2.24, 2.45) is 0 Å². The van der Waals surface area contributed by atoms with E-state index < -0.39 is 0 Å². The Hall–Kier alpha value is -2.35. The van der Waals surface area contributed by atoms with Crippen LogP contribution in [0.4, 0.5) is 4.39 Å². The monoisotopic (exact) mass is 265 g/mol. The van der Waals surface area contributed by atoms with Gasteiger partial charge >= 0.3 is 0 Å². The first-order valence-corrected chi connectivity index (χ1v) is 6.81. The lowest BCUT2D eigenvalue weighted by molar-refractivity contribution is 0.628. The van der Waals surface area contributed by atoms with Crippen LogP contribution in [0.3, 0.4) is 0 Å². The van der Waals surface area contributed by atoms with E-state index in [4.69, 9.17) is 0 Å². The van der Waals surface area contributed by atoms with Crippen LogP contribution < -0.4 is 0 Å². The summed E-state index contributed by atoms with van der Waals surface area (Å²) in [7, 11) is 0. The Labute approximate surface area is 118 Å². The second-order valence-corrected chi connectivity index (χ2v) is 4.74. The third-order valence-electron chi connectivity index (χ3n) is 3.52. The molecular weight excluding hydrogens is 249 g/mol. The molecule has 0 N–H and O–H groups in total. The topological polar surface area (TPSA) is 4.93 Å². The molecule has 1 nitrogen and oxygen atoms in total. The maximum Gasteiger partial charge on any atom is 0.123 e. The highest BCUT2D eigenvalue weighted by molar-refractivity contribution is 5.67. The van der Waals surface area contributed by atoms with E-state index in [0.29, 0.717) is 0 Å². The van der Waals surface area contributed by atoms with Crippen molar-refractivity contribution in [1.29, 1.82) is 0 Å². The van der Waals surface area contributed by atoms with Gasteiger partial charge in [0.25, 0.3) is 0 Å². The smallest absolute Gasteiger partial charge is 0.123 e. The Bertz CT molecular complexity index is 696. The minimum atomic E-state index is -0.200. The van der Waals surface area contributed by atoms with Crippen molar-refractivity contribution >= 4 is 0 Å². The average Bonchev–Trinajstić information content (AvgIpc) is 2.93. The molecule has 0 fully saturated rings. The van der Waals surface area contributed by atoms with Crippen molar-refractivity contribution in [1.82, 2.24) is 4.57 Å². The molecule has 20 heavy (non-hydrogen) atoms. The number of nitrogens with zero attached hydrogens (tertiary/aromatic N) is 1. The van der Waals surface area contributed by atoms with E-state index in [-0.39, 0.29) is 5.82 Å². The molecule has 0 bridgehead atoms. The van der Waals surface area contributed by atoms with Gasteiger partial charge in [-0.2, -0.15) is 0 Å². The van der Waals surface area contributed by atoms with Gasteiger partial charge in [0, 0.05) is 23.1 Å². The second-order valence-electron chi connectivity index (χ2n) is 4.74. The predicted molar refractivity (Wildman–Crippen MR) is 80.5 cm³/mol. The van der Waals surface area contributed by atoms with Crippen molar-refractivity contribution in [2.75, 3.05) is 0 Å². The summed E-state index contributed by atoms with van der Waals surface area (Å²) in [6.07, 6.45) is 3.00. The number of aromatic nitrogens is 1. The molecule has 3 aromatic rings. The average molecular weight is 265 g/mol. The summed E-state index contributed by atoms with van der Waals surface area (Å²) in [5.74, 6) is -0.200. The summed E-state index contributed by atoms with van der Waals surface area (Å²) in [5, 5.41) is 0. The number of para-hydroxylation sites is 1. The molecule has 0 amide bonds. The zero-order valence-corrected chi connectivity index (χ0v) is 11.4. The molecule has 1 heterocycles. The van der Waals surface area contributed by atoms with Crippen LogP contribution in [0, 0.1) is 5.82 Å². The lowest BCUT2D eigenvalue weighted by Crippen LogP contribution is -1.98. The lowest BCUT2D eigenvalue weighted by Gasteiger charge is -2.10. The number of rotatable bonds is 3. The van der Waals surface area contributed by atoms with E-state index in [0.717, 1.165) is 23.2 Å². The number of halogens is 1. The maximum absolute atomic E-state index is 13.0. The van der Waals surface area contributed by atoms with Crippen molar-refractivity contribution in [3.63, 3.8) is 0 Å². The van der Waals surface area contributed by atoms with Crippen molar-refractivity contribution in [3.8, 4) is 16.8 Å². The van der Waals surface area contributed by atoms with E-state index in [1.165, 1.54) is 17.8 Å². The number of benzene rings is 2. The summed E-state index contributed by atoms with van der Waals surface area (Å²) in [6, 6.07) is 19.0. The summed E-state index contributed by atoms with van der Waals surface area (Å²) in [5.41, 5.74) is 4.61. The fraction of sp³-hybridized carbons (Fsp3) is 0.111. The highest BCUT2D eigenvalue weighted by atomic mass is 19.1. The number of hydrogen-bond donors (Lipinski definition) is 0. The number of hydrogen-bond acceptors (Lipinski definition) is 0. The molecule has 0 saturated carbocycles. The lowest BCUT2D eigenvalue weighted by atomic mass is 10.0. The predicted octanol–water partition coefficient (Wildman–Crippen LogP) is 4.85. The minimum absolute atomic E-state index is 0.200. The van der Waals surface area contributed by atoms with Gasteiger partial charge in [-0.25, -0.2) is 4.39 Å². The van der Waals surface area contributed by atoms with Crippen LogP contribution in [0.25, 0.3) is 16.8 Å². The van der Waals surface area contributed by atoms with E-state index in [1.807, 2.05) is 30.3 Å². The zero-order valence-electron chi connectivity index (χ0n) is 11.4. The van der Waals surface area contributed by atoms with E-state index >= 15 is 0 Å². The van der Waals surface area contributed by atoms with Crippen LogP contribution in [0.15, 0.2) is 66.9 Å². The van der Waals surface area contributed by atoms with Crippen LogP contribution in [0.1, 0.15) is 12.6 Å². The Morgan fingerprint density at radius 3 is 2.25 bits per heavy atom. The van der Waals surface area contributed by atoms with Gasteiger partial charge in [-0.05, 0) is 42.3 Å². The van der Waals surface area contributed by atoms with Gasteiger partial charge in [0.05, 0.1) is 0 Å². The van der Waals surface area contributed by atoms with E-state index in [9.17, 15) is 4.39 Å². The molecule has 100 valence electrons. The van der Waals surface area contributed by atoms with Crippen molar-refractivity contribution < 1.29 is 4.39 Å². The van der Waals surface area contributed by atoms with Gasteiger partial charge in [-0.15, -0.1) is 0 Å². The van der Waals surface area contributed by atoms with Gasteiger partial charge < -0.3 is 4.57 Å². The fourth-order valence-corrected chi connectivity index (χ4v) is 2.55. The maximum atomic E-state index is 13.0. The standard InChI is InChI=1S/C18H16FN/c1-2-18-17(14-8-10-15(19)11-9-14)12-13-20(18)16-6-4-3-5-7-16/h3-13H,2H2,1H3. The quantitative estimate of drug-likeness (QED) is 0.638. The molecular formula is C18H16FN. The first kappa shape index (κ1) is 12.7. The Kier molecular flexibility index (Phi) is 3.38. The Morgan fingerprint density at radius 1 is 0.900 bits per heavy atom. The third kappa shape index (κ3) is 2.25. The first-order valence-electron chi connectivity index (χ1n) is 6.81. The summed E-state index contributed by atoms with van der Waals surface area (Å²) in [4.78, 5) is 0. The fourth-order valence-electron chi connectivity index (χ4n) is 2.55. The zero-order chi connectivity index (χ0) is 13.9. The summed E-state index contributed by atoms with van der Waals surface area (Å²) < 4.78 is 15.2. The normalized spacial score (nSPS) is 10.7. The van der Waals surface area contributed by atoms with Crippen LogP contribution in [0.5, 0.6) is 0 Å². The molecule has 0 unspecified atom stereocenters. The first-order chi connectivity index (χ1) is 9.79. The summed E-state index contributed by atoms with van der Waals surface area (Å²) >= 11 is 0. The van der Waals surface area contributed by atoms with E-state index in [1.54, 1.807) is 0 Å². The molecule has 0 aliphatic carbocycles. The van der Waals surface area contributed by atoms with E-state index in [2.05, 4.69) is 35.9 Å². The molecule has 0 radical (unpaired) electrons. The Balaban J connectivity index is 2.10. The van der Waals surface area contributed by atoms with Crippen molar-refractivity contribution in [2.45, 2.75) is 13.3 Å². The second kappa shape index (κ2) is 5.33. The molecule has 0 spiro atoms. The summed E-state index contributed by atoms with van der Waals surface area (Å²) in [6.45, 7) is 2.14. The van der Waals surface area contributed by atoms with Crippen LogP contribution in [-0.4, -0.2) is 4.57 Å². The minimum Gasteiger partial charge on any atom is -0.320 e. The van der Waals surface area contributed by atoms with Gasteiger partial charge in [-0.3, -0.25) is 0 Å². The highest BCUT2D eigenvalue weighted by Gasteiger charge is 2.10.